The summed E-state index contributed by atoms with van der Waals surface area (Å²) < 4.78 is 7.43. The first-order chi connectivity index (χ1) is 9.15. The molecule has 0 bridgehead atoms. The second-order valence-electron chi connectivity index (χ2n) is 5.52. The van der Waals surface area contributed by atoms with Crippen LogP contribution >= 0.6 is 0 Å². The highest BCUT2D eigenvalue weighted by Gasteiger charge is 2.29. The minimum absolute atomic E-state index is 0.118. The zero-order valence-electron chi connectivity index (χ0n) is 12.1. The van der Waals surface area contributed by atoms with Gasteiger partial charge >= 0.3 is 0 Å². The first kappa shape index (κ1) is 14.3. The number of aromatic nitrogens is 2. The van der Waals surface area contributed by atoms with Crippen LogP contribution in [0.4, 0.5) is 0 Å². The van der Waals surface area contributed by atoms with Crippen LogP contribution in [0.15, 0.2) is 6.20 Å². The predicted octanol–water partition coefficient (Wildman–Crippen LogP) is 0.758. The highest BCUT2D eigenvalue weighted by atomic mass is 16.5. The summed E-state index contributed by atoms with van der Waals surface area (Å²) in [7, 11) is 5.80. The largest absolute Gasteiger partial charge is 0.493 e. The third-order valence-corrected chi connectivity index (χ3v) is 3.62. The Balaban J connectivity index is 2.15. The van der Waals surface area contributed by atoms with E-state index in [2.05, 4.69) is 29.5 Å². The van der Waals surface area contributed by atoms with Gasteiger partial charge in [-0.2, -0.15) is 5.10 Å². The highest BCUT2D eigenvalue weighted by molar-refractivity contribution is 5.28. The SMILES string of the molecule is COc1cnn(CCN(C)C)c1C(CC1CC1)NN. The summed E-state index contributed by atoms with van der Waals surface area (Å²) in [5, 5.41) is 4.42. The Bertz CT molecular complexity index is 400. The van der Waals surface area contributed by atoms with Crippen LogP contribution in [-0.4, -0.2) is 42.4 Å². The molecule has 1 aromatic rings. The van der Waals surface area contributed by atoms with Gasteiger partial charge in [-0.15, -0.1) is 0 Å². The van der Waals surface area contributed by atoms with Gasteiger partial charge in [-0.3, -0.25) is 16.0 Å². The van der Waals surface area contributed by atoms with Crippen LogP contribution in [0.25, 0.3) is 0 Å². The quantitative estimate of drug-likeness (QED) is 0.537. The van der Waals surface area contributed by atoms with Gasteiger partial charge in [-0.1, -0.05) is 12.8 Å². The van der Waals surface area contributed by atoms with Crippen LogP contribution in [-0.2, 0) is 6.54 Å². The van der Waals surface area contributed by atoms with Gasteiger partial charge in [0.1, 0.15) is 0 Å². The second-order valence-corrected chi connectivity index (χ2v) is 5.52. The van der Waals surface area contributed by atoms with Gasteiger partial charge in [0.2, 0.25) is 0 Å². The van der Waals surface area contributed by atoms with Crippen molar-refractivity contribution in [1.29, 1.82) is 0 Å². The van der Waals surface area contributed by atoms with Crippen molar-refractivity contribution in [2.75, 3.05) is 27.7 Å². The maximum atomic E-state index is 5.73. The lowest BCUT2D eigenvalue weighted by Gasteiger charge is -2.19. The number of nitrogens with zero attached hydrogens (tertiary/aromatic N) is 3. The highest BCUT2D eigenvalue weighted by Crippen LogP contribution is 2.39. The van der Waals surface area contributed by atoms with E-state index < -0.39 is 0 Å². The number of nitrogens with one attached hydrogen (secondary N) is 1. The van der Waals surface area contributed by atoms with Gasteiger partial charge < -0.3 is 9.64 Å². The van der Waals surface area contributed by atoms with Gasteiger partial charge in [-0.05, 0) is 26.4 Å². The molecule has 1 unspecified atom stereocenters. The summed E-state index contributed by atoms with van der Waals surface area (Å²) in [5.41, 5.74) is 3.99. The third kappa shape index (κ3) is 3.68. The molecule has 0 aromatic carbocycles. The molecule has 2 rings (SSSR count). The molecule has 0 radical (unpaired) electrons. The van der Waals surface area contributed by atoms with Crippen LogP contribution in [0.1, 0.15) is 31.0 Å². The Hall–Kier alpha value is -1.11. The standard InChI is InChI=1S/C13H25N5O/c1-17(2)6-7-18-13(12(19-3)9-15-18)11(16-14)8-10-4-5-10/h9-11,16H,4-8,14H2,1-3H3. The lowest BCUT2D eigenvalue weighted by atomic mass is 10.1. The Kier molecular flexibility index (Phi) is 4.79. The van der Waals surface area contributed by atoms with Crippen LogP contribution < -0.4 is 16.0 Å². The molecule has 1 aliphatic rings. The molecule has 1 atom stereocenters. The Morgan fingerprint density at radius 3 is 2.84 bits per heavy atom. The average Bonchev–Trinajstić information content (AvgIpc) is 3.12. The van der Waals surface area contributed by atoms with E-state index in [1.807, 2.05) is 4.68 Å². The molecule has 6 heteroatoms. The van der Waals surface area contributed by atoms with Crippen molar-refractivity contribution in [1.82, 2.24) is 20.1 Å². The van der Waals surface area contributed by atoms with E-state index in [-0.39, 0.29) is 6.04 Å². The van der Waals surface area contributed by atoms with E-state index in [1.165, 1.54) is 12.8 Å². The van der Waals surface area contributed by atoms with Gasteiger partial charge in [0.25, 0.3) is 0 Å². The van der Waals surface area contributed by atoms with E-state index in [4.69, 9.17) is 10.6 Å². The van der Waals surface area contributed by atoms with Crippen molar-refractivity contribution in [3.8, 4) is 5.75 Å². The molecule has 108 valence electrons. The minimum atomic E-state index is 0.118. The first-order valence-corrected chi connectivity index (χ1v) is 6.86. The van der Waals surface area contributed by atoms with Crippen molar-refractivity contribution in [2.24, 2.45) is 11.8 Å². The fourth-order valence-electron chi connectivity index (χ4n) is 2.30. The van der Waals surface area contributed by atoms with E-state index in [0.29, 0.717) is 0 Å². The summed E-state index contributed by atoms with van der Waals surface area (Å²) >= 11 is 0. The second kappa shape index (κ2) is 6.36. The molecule has 0 aliphatic heterocycles. The maximum absolute atomic E-state index is 5.73. The van der Waals surface area contributed by atoms with E-state index >= 15 is 0 Å². The molecule has 19 heavy (non-hydrogen) atoms. The summed E-state index contributed by atoms with van der Waals surface area (Å²) in [4.78, 5) is 2.14. The molecule has 1 aliphatic carbocycles. The summed E-state index contributed by atoms with van der Waals surface area (Å²) in [6, 6.07) is 0.118. The molecule has 6 nitrogen and oxygen atoms in total. The Morgan fingerprint density at radius 1 is 1.58 bits per heavy atom. The molecule has 1 heterocycles. The monoisotopic (exact) mass is 267 g/mol. The Morgan fingerprint density at radius 2 is 2.32 bits per heavy atom. The van der Waals surface area contributed by atoms with Crippen molar-refractivity contribution < 1.29 is 4.74 Å². The molecule has 3 N–H and O–H groups in total. The van der Waals surface area contributed by atoms with E-state index in [9.17, 15) is 0 Å². The normalized spacial score (nSPS) is 16.9. The molecule has 1 saturated carbocycles. The average molecular weight is 267 g/mol. The Labute approximate surface area is 114 Å². The number of hydrogen-bond donors (Lipinski definition) is 2. The van der Waals surface area contributed by atoms with Gasteiger partial charge in [0.15, 0.2) is 5.75 Å². The van der Waals surface area contributed by atoms with Crippen molar-refractivity contribution in [3.05, 3.63) is 11.9 Å². The zero-order valence-corrected chi connectivity index (χ0v) is 12.1. The first-order valence-electron chi connectivity index (χ1n) is 6.86. The molecule has 0 saturated heterocycles. The number of likely N-dealkylation sites (N-methyl/N-ethyl adjacent to an activating group) is 1. The maximum Gasteiger partial charge on any atom is 0.161 e. The van der Waals surface area contributed by atoms with Crippen LogP contribution in [0, 0.1) is 5.92 Å². The van der Waals surface area contributed by atoms with Crippen molar-refractivity contribution >= 4 is 0 Å². The molecule has 0 amide bonds. The number of rotatable bonds is 8. The molecule has 1 aromatic heterocycles. The van der Waals surface area contributed by atoms with Crippen LogP contribution in [0.3, 0.4) is 0 Å². The van der Waals surface area contributed by atoms with Crippen LogP contribution in [0.2, 0.25) is 0 Å². The van der Waals surface area contributed by atoms with Crippen LogP contribution in [0.5, 0.6) is 5.75 Å². The fraction of sp³-hybridized carbons (Fsp3) is 0.769. The summed E-state index contributed by atoms with van der Waals surface area (Å²) in [5.74, 6) is 7.35. The van der Waals surface area contributed by atoms with Gasteiger partial charge in [0, 0.05) is 6.54 Å². The van der Waals surface area contributed by atoms with E-state index in [0.717, 1.165) is 36.9 Å². The molecule has 1 fully saturated rings. The molecular weight excluding hydrogens is 242 g/mol. The predicted molar refractivity (Wildman–Crippen MR) is 74.7 cm³/mol. The number of hydrogen-bond acceptors (Lipinski definition) is 5. The topological polar surface area (TPSA) is 68.3 Å². The molecular formula is C13H25N5O. The fourth-order valence-corrected chi connectivity index (χ4v) is 2.30. The van der Waals surface area contributed by atoms with Crippen molar-refractivity contribution in [3.63, 3.8) is 0 Å². The van der Waals surface area contributed by atoms with Gasteiger partial charge in [-0.25, -0.2) is 0 Å². The zero-order chi connectivity index (χ0) is 13.8. The lowest BCUT2D eigenvalue weighted by molar-refractivity contribution is 0.348. The minimum Gasteiger partial charge on any atom is -0.493 e. The number of nitrogens with two attached hydrogens (primary N) is 1. The number of methoxy groups -OCH3 is 1. The lowest BCUT2D eigenvalue weighted by Crippen LogP contribution is -2.31. The number of hydrazine groups is 1. The van der Waals surface area contributed by atoms with Crippen molar-refractivity contribution in [2.45, 2.75) is 31.8 Å². The summed E-state index contributed by atoms with van der Waals surface area (Å²) in [6.07, 6.45) is 5.46. The number of ether oxygens (including phenoxy) is 1. The summed E-state index contributed by atoms with van der Waals surface area (Å²) in [6.45, 7) is 1.78. The third-order valence-electron chi connectivity index (χ3n) is 3.62. The molecule has 0 spiro atoms. The van der Waals surface area contributed by atoms with E-state index in [1.54, 1.807) is 13.3 Å². The van der Waals surface area contributed by atoms with Gasteiger partial charge in [0.05, 0.1) is 31.6 Å². The smallest absolute Gasteiger partial charge is 0.161 e.